The second-order valence-electron chi connectivity index (χ2n) is 2.13. The highest BCUT2D eigenvalue weighted by Gasteiger charge is 2.13. The smallest absolute Gasteiger partial charge is 0.210 e. The van der Waals surface area contributed by atoms with Crippen molar-refractivity contribution in [3.8, 4) is 0 Å². The average molecular weight is 306 g/mol. The molecule has 0 aromatic carbocycles. The highest BCUT2D eigenvalue weighted by atomic mass is 127. The molecule has 1 radical (unpaired) electrons. The van der Waals surface area contributed by atoms with E-state index in [2.05, 4.69) is 17.6 Å². The molecule has 0 aliphatic carbocycles. The lowest BCUT2D eigenvalue weighted by Crippen LogP contribution is -2.31. The molecule has 0 heterocycles. The van der Waals surface area contributed by atoms with Crippen molar-refractivity contribution in [2.24, 2.45) is 0 Å². The highest BCUT2D eigenvalue weighted by Crippen LogP contribution is 2.02. The van der Waals surface area contributed by atoms with Gasteiger partial charge in [-0.3, -0.25) is 0 Å². The summed E-state index contributed by atoms with van der Waals surface area (Å²) in [6.07, 6.45) is 1.17. The van der Waals surface area contributed by atoms with Crippen LogP contribution in [0.3, 0.4) is 0 Å². The molecule has 6 heteroatoms. The fraction of sp³-hybridized carbons (Fsp3) is 0.800. The number of nitrogens with zero attached hydrogens (tertiary/aromatic N) is 1. The predicted molar refractivity (Wildman–Crippen MR) is 57.9 cm³/mol. The molecule has 0 rings (SSSR count). The van der Waals surface area contributed by atoms with Gasteiger partial charge in [0.2, 0.25) is 10.0 Å². The zero-order valence-corrected chi connectivity index (χ0v) is 10.0. The second-order valence-corrected chi connectivity index (χ2v) is 5.96. The summed E-state index contributed by atoms with van der Waals surface area (Å²) in [6, 6.07) is 0. The minimum atomic E-state index is -3.07. The molecular weight excluding hydrogens is 297 g/mol. The Bertz CT molecular complexity index is 227. The summed E-state index contributed by atoms with van der Waals surface area (Å²) in [5.41, 5.74) is 0. The van der Waals surface area contributed by atoms with Crippen molar-refractivity contribution in [1.82, 2.24) is 4.31 Å². The van der Waals surface area contributed by atoms with Gasteiger partial charge in [0.05, 0.1) is 10.2 Å². The van der Waals surface area contributed by atoms with Crippen LogP contribution in [-0.4, -0.2) is 41.9 Å². The summed E-state index contributed by atoms with van der Waals surface area (Å²) < 4.78 is 22.9. The first-order valence-corrected chi connectivity index (χ1v) is 6.31. The van der Waals surface area contributed by atoms with Crippen molar-refractivity contribution in [1.29, 1.82) is 0 Å². The summed E-state index contributed by atoms with van der Waals surface area (Å²) in [6.45, 7) is 0.392. The first-order valence-electron chi connectivity index (χ1n) is 2.81. The van der Waals surface area contributed by atoms with Crippen molar-refractivity contribution < 1.29 is 8.42 Å². The lowest BCUT2D eigenvalue weighted by Gasteiger charge is -2.14. The van der Waals surface area contributed by atoms with Crippen LogP contribution in [0.15, 0.2) is 0 Å². The first kappa shape index (κ1) is 11.7. The molecule has 1 unspecified atom stereocenters. The Morgan fingerprint density at radius 2 is 2.18 bits per heavy atom. The molecule has 0 saturated carbocycles. The average Bonchev–Trinajstić information content (AvgIpc) is 1.85. The number of rotatable bonds is 4. The summed E-state index contributed by atoms with van der Waals surface area (Å²) in [4.78, 5) is 0. The van der Waals surface area contributed by atoms with Crippen molar-refractivity contribution in [2.75, 3.05) is 19.8 Å². The van der Waals surface area contributed by atoms with E-state index in [1.54, 1.807) is 0 Å². The van der Waals surface area contributed by atoms with Gasteiger partial charge in [-0.25, -0.2) is 12.7 Å². The third kappa shape index (κ3) is 5.05. The Balaban J connectivity index is 4.09. The summed E-state index contributed by atoms with van der Waals surface area (Å²) in [7, 11) is -1.54. The monoisotopic (exact) mass is 306 g/mol. The van der Waals surface area contributed by atoms with Gasteiger partial charge < -0.3 is 0 Å². The van der Waals surface area contributed by atoms with E-state index < -0.39 is 10.0 Å². The minimum absolute atomic E-state index is 0.0256. The van der Waals surface area contributed by atoms with Gasteiger partial charge in [0, 0.05) is 19.0 Å². The quantitative estimate of drug-likeness (QED) is 0.433. The van der Waals surface area contributed by atoms with Crippen LogP contribution < -0.4 is 0 Å². The number of hydrogen-bond acceptors (Lipinski definition) is 3. The van der Waals surface area contributed by atoms with E-state index in [1.165, 1.54) is 17.6 Å². The van der Waals surface area contributed by atoms with Crippen LogP contribution >= 0.6 is 34.8 Å². The van der Waals surface area contributed by atoms with E-state index >= 15 is 0 Å². The Labute approximate surface area is 86.3 Å². The second kappa shape index (κ2) is 4.68. The molecule has 1 atom stereocenters. The standard InChI is InChI=1S/C5H9INO2S2/c1-7(11(2,8)9)3-5(6)4-10/h5H,3H2,1-2H3. The molecule has 0 aromatic rings. The van der Waals surface area contributed by atoms with Gasteiger partial charge in [0.1, 0.15) is 0 Å². The van der Waals surface area contributed by atoms with E-state index in [9.17, 15) is 8.42 Å². The van der Waals surface area contributed by atoms with Crippen LogP contribution in [-0.2, 0) is 10.0 Å². The van der Waals surface area contributed by atoms with E-state index in [4.69, 9.17) is 0 Å². The van der Waals surface area contributed by atoms with Crippen LogP contribution in [0.2, 0.25) is 0 Å². The molecule has 3 nitrogen and oxygen atoms in total. The first-order chi connectivity index (χ1) is 4.88. The van der Waals surface area contributed by atoms with Crippen molar-refractivity contribution in [3.05, 3.63) is 0 Å². The molecule has 0 aliphatic heterocycles. The topological polar surface area (TPSA) is 37.4 Å². The van der Waals surface area contributed by atoms with Crippen LogP contribution in [0.25, 0.3) is 0 Å². The molecule has 11 heavy (non-hydrogen) atoms. The van der Waals surface area contributed by atoms with Gasteiger partial charge in [-0.2, -0.15) is 0 Å². The maximum absolute atomic E-state index is 10.8. The normalized spacial score (nSPS) is 14.9. The maximum Gasteiger partial charge on any atom is 0.210 e. The Kier molecular flexibility index (Phi) is 4.99. The van der Waals surface area contributed by atoms with E-state index in [-0.39, 0.29) is 3.92 Å². The molecule has 0 amide bonds. The van der Waals surface area contributed by atoms with Crippen LogP contribution in [0.5, 0.6) is 0 Å². The Morgan fingerprint density at radius 1 is 1.73 bits per heavy atom. The molecule has 0 N–H and O–H groups in total. The van der Waals surface area contributed by atoms with Gasteiger partial charge in [0.25, 0.3) is 0 Å². The number of thiocarbonyl (C=S) groups is 1. The van der Waals surface area contributed by atoms with Crippen molar-refractivity contribution in [3.63, 3.8) is 0 Å². The number of alkyl halides is 1. The third-order valence-corrected chi connectivity index (χ3v) is 3.81. The fourth-order valence-corrected chi connectivity index (χ4v) is 1.75. The number of sulfonamides is 1. The van der Waals surface area contributed by atoms with Crippen LogP contribution in [0.1, 0.15) is 0 Å². The zero-order chi connectivity index (χ0) is 9.07. The maximum atomic E-state index is 10.8. The molecule has 0 bridgehead atoms. The highest BCUT2D eigenvalue weighted by molar-refractivity contribution is 14.1. The zero-order valence-electron chi connectivity index (χ0n) is 6.24. The molecule has 0 spiro atoms. The number of hydrogen-bond donors (Lipinski definition) is 0. The largest absolute Gasteiger partial charge is 0.213 e. The van der Waals surface area contributed by atoms with Gasteiger partial charge in [-0.05, 0) is 0 Å². The molecule has 0 saturated heterocycles. The Hall–Kier alpha value is 0.730. The summed E-state index contributed by atoms with van der Waals surface area (Å²) in [5, 5.41) is 2.53. The summed E-state index contributed by atoms with van der Waals surface area (Å²) >= 11 is 6.58. The minimum Gasteiger partial charge on any atom is -0.213 e. The van der Waals surface area contributed by atoms with E-state index in [0.29, 0.717) is 6.54 Å². The third-order valence-electron chi connectivity index (χ3n) is 1.11. The predicted octanol–water partition coefficient (Wildman–Crippen LogP) is 0.558. The lowest BCUT2D eigenvalue weighted by molar-refractivity contribution is 0.490. The Morgan fingerprint density at radius 3 is 2.45 bits per heavy atom. The van der Waals surface area contributed by atoms with Gasteiger partial charge in [-0.1, -0.05) is 34.8 Å². The summed E-state index contributed by atoms with van der Waals surface area (Å²) in [5.74, 6) is 0. The SMILES string of the molecule is CN(CC(I)[C]=S)S(C)(=O)=O. The molecule has 0 aromatic heterocycles. The van der Waals surface area contributed by atoms with Crippen molar-refractivity contribution >= 4 is 50.2 Å². The number of halogens is 1. The van der Waals surface area contributed by atoms with E-state index in [1.807, 2.05) is 22.6 Å². The van der Waals surface area contributed by atoms with Gasteiger partial charge in [-0.15, -0.1) is 0 Å². The van der Waals surface area contributed by atoms with Crippen LogP contribution in [0, 0.1) is 0 Å². The molecule has 65 valence electrons. The molecule has 0 fully saturated rings. The molecule has 0 aliphatic rings. The van der Waals surface area contributed by atoms with E-state index in [0.717, 1.165) is 0 Å². The van der Waals surface area contributed by atoms with Crippen LogP contribution in [0.4, 0.5) is 0 Å². The molecular formula is C5H9INO2S2. The fourth-order valence-electron chi connectivity index (χ4n) is 0.398. The lowest BCUT2D eigenvalue weighted by atomic mass is 10.5. The van der Waals surface area contributed by atoms with Gasteiger partial charge in [0.15, 0.2) is 0 Å². The van der Waals surface area contributed by atoms with Gasteiger partial charge >= 0.3 is 0 Å². The van der Waals surface area contributed by atoms with Crippen molar-refractivity contribution in [2.45, 2.75) is 3.92 Å².